The minimum atomic E-state index is 0.370. The molecule has 0 amide bonds. The van der Waals surface area contributed by atoms with Crippen molar-refractivity contribution in [1.82, 2.24) is 0 Å². The molecule has 17 heavy (non-hydrogen) atoms. The van der Waals surface area contributed by atoms with Gasteiger partial charge in [0.05, 0.1) is 5.92 Å². The zero-order chi connectivity index (χ0) is 12.1. The largest absolute Gasteiger partial charge is 0.492 e. The van der Waals surface area contributed by atoms with E-state index >= 15 is 0 Å². The lowest BCUT2D eigenvalue weighted by atomic mass is 10.2. The number of allylic oxidation sites excluding steroid dienone is 4. The van der Waals surface area contributed by atoms with E-state index < -0.39 is 0 Å². The summed E-state index contributed by atoms with van der Waals surface area (Å²) in [5.74, 6) is 1.46. The molecule has 2 rings (SSSR count). The highest BCUT2D eigenvalue weighted by molar-refractivity contribution is 5.40. The fourth-order valence-electron chi connectivity index (χ4n) is 1.74. The summed E-state index contributed by atoms with van der Waals surface area (Å²) in [6.45, 7) is 2.74. The van der Waals surface area contributed by atoms with Crippen molar-refractivity contribution in [1.29, 1.82) is 0 Å². The van der Waals surface area contributed by atoms with Gasteiger partial charge in [-0.1, -0.05) is 42.5 Å². The monoisotopic (exact) mass is 227 g/mol. The molecule has 0 fully saturated rings. The molecule has 0 aromatic heterocycles. The summed E-state index contributed by atoms with van der Waals surface area (Å²) in [6.07, 6.45) is 7.39. The van der Waals surface area contributed by atoms with Gasteiger partial charge in [-0.2, -0.15) is 0 Å². The molecule has 0 unspecified atom stereocenters. The fourth-order valence-corrected chi connectivity index (χ4v) is 1.74. The van der Waals surface area contributed by atoms with Crippen LogP contribution in [-0.4, -0.2) is 0 Å². The summed E-state index contributed by atoms with van der Waals surface area (Å²) < 4.78 is 5.77. The van der Waals surface area contributed by atoms with Crippen LogP contribution >= 0.6 is 0 Å². The molecule has 2 nitrogen and oxygen atoms in total. The van der Waals surface area contributed by atoms with Crippen molar-refractivity contribution < 1.29 is 4.74 Å². The SMILES string of the molecule is CC1=C(OCc2ccccc2)[C@H]1/C=C\C=C/N. The van der Waals surface area contributed by atoms with Gasteiger partial charge in [-0.25, -0.2) is 0 Å². The molecule has 0 heterocycles. The van der Waals surface area contributed by atoms with Gasteiger partial charge in [0.2, 0.25) is 0 Å². The first kappa shape index (κ1) is 11.5. The van der Waals surface area contributed by atoms with Crippen LogP contribution in [0.25, 0.3) is 0 Å². The Bertz CT molecular complexity index is 457. The second-order valence-corrected chi connectivity index (χ2v) is 4.07. The van der Waals surface area contributed by atoms with Crippen molar-refractivity contribution in [3.8, 4) is 0 Å². The first-order valence-corrected chi connectivity index (χ1v) is 5.75. The predicted octanol–water partition coefficient (Wildman–Crippen LogP) is 3.14. The van der Waals surface area contributed by atoms with E-state index in [-0.39, 0.29) is 0 Å². The van der Waals surface area contributed by atoms with E-state index in [9.17, 15) is 0 Å². The second-order valence-electron chi connectivity index (χ2n) is 4.07. The smallest absolute Gasteiger partial charge is 0.113 e. The van der Waals surface area contributed by atoms with Gasteiger partial charge in [0.15, 0.2) is 0 Å². The van der Waals surface area contributed by atoms with Crippen LogP contribution < -0.4 is 5.73 Å². The molecule has 2 heteroatoms. The van der Waals surface area contributed by atoms with Crippen molar-refractivity contribution in [3.63, 3.8) is 0 Å². The highest BCUT2D eigenvalue weighted by Crippen LogP contribution is 2.41. The van der Waals surface area contributed by atoms with Crippen molar-refractivity contribution >= 4 is 0 Å². The third kappa shape index (κ3) is 3.00. The zero-order valence-corrected chi connectivity index (χ0v) is 9.97. The van der Waals surface area contributed by atoms with Crippen molar-refractivity contribution in [3.05, 3.63) is 71.7 Å². The van der Waals surface area contributed by atoms with Crippen LogP contribution in [0.2, 0.25) is 0 Å². The molecule has 0 spiro atoms. The number of benzene rings is 1. The lowest BCUT2D eigenvalue weighted by Gasteiger charge is -2.02. The molecular formula is C15H17NO. The van der Waals surface area contributed by atoms with Gasteiger partial charge < -0.3 is 10.5 Å². The van der Waals surface area contributed by atoms with Crippen LogP contribution in [-0.2, 0) is 11.3 Å². The van der Waals surface area contributed by atoms with E-state index in [4.69, 9.17) is 10.5 Å². The van der Waals surface area contributed by atoms with Crippen molar-refractivity contribution in [2.45, 2.75) is 13.5 Å². The summed E-state index contributed by atoms with van der Waals surface area (Å²) in [7, 11) is 0. The topological polar surface area (TPSA) is 35.2 Å². The molecule has 1 atom stereocenters. The summed E-state index contributed by atoms with van der Waals surface area (Å²) in [4.78, 5) is 0. The van der Waals surface area contributed by atoms with E-state index in [1.807, 2.05) is 30.4 Å². The maximum atomic E-state index is 5.77. The first-order valence-electron chi connectivity index (χ1n) is 5.75. The molecule has 88 valence electrons. The molecule has 1 aromatic rings. The summed E-state index contributed by atoms with van der Waals surface area (Å²) in [5, 5.41) is 0. The standard InChI is InChI=1S/C15H17NO/c1-12-14(9-5-6-10-16)15(12)17-11-13-7-3-2-4-8-13/h2-10,14H,11,16H2,1H3/b9-5-,10-6-/t14-/m0/s1. The van der Waals surface area contributed by atoms with Crippen molar-refractivity contribution in [2.24, 2.45) is 11.7 Å². The third-order valence-electron chi connectivity index (χ3n) is 2.82. The average molecular weight is 227 g/mol. The number of hydrogen-bond acceptors (Lipinski definition) is 2. The van der Waals surface area contributed by atoms with Crippen LogP contribution in [0.5, 0.6) is 0 Å². The Labute approximate surface area is 102 Å². The molecule has 1 aliphatic carbocycles. The van der Waals surface area contributed by atoms with Gasteiger partial charge in [-0.15, -0.1) is 0 Å². The van der Waals surface area contributed by atoms with Crippen LogP contribution in [0.1, 0.15) is 12.5 Å². The molecule has 1 aliphatic rings. The van der Waals surface area contributed by atoms with Crippen LogP contribution in [0, 0.1) is 5.92 Å². The van der Waals surface area contributed by atoms with Gasteiger partial charge in [0.25, 0.3) is 0 Å². The van der Waals surface area contributed by atoms with Gasteiger partial charge in [-0.05, 0) is 30.3 Å². The van der Waals surface area contributed by atoms with Gasteiger partial charge >= 0.3 is 0 Å². The molecule has 0 bridgehead atoms. The van der Waals surface area contributed by atoms with Gasteiger partial charge in [0, 0.05) is 0 Å². The molecule has 2 N–H and O–H groups in total. The highest BCUT2D eigenvalue weighted by atomic mass is 16.5. The molecule has 0 aliphatic heterocycles. The maximum absolute atomic E-state index is 5.77. The number of hydrogen-bond donors (Lipinski definition) is 1. The third-order valence-corrected chi connectivity index (χ3v) is 2.82. The molecule has 0 saturated carbocycles. The Balaban J connectivity index is 1.82. The predicted molar refractivity (Wildman–Crippen MR) is 69.9 cm³/mol. The quantitative estimate of drug-likeness (QED) is 0.784. The van der Waals surface area contributed by atoms with E-state index in [0.717, 1.165) is 5.76 Å². The molecule has 1 aromatic carbocycles. The number of ether oxygens (including phenoxy) is 1. The van der Waals surface area contributed by atoms with E-state index in [0.29, 0.717) is 12.5 Å². The summed E-state index contributed by atoms with van der Waals surface area (Å²) >= 11 is 0. The first-order chi connectivity index (χ1) is 8.33. The van der Waals surface area contributed by atoms with Crippen LogP contribution in [0.15, 0.2) is 66.1 Å². The number of rotatable bonds is 5. The highest BCUT2D eigenvalue weighted by Gasteiger charge is 2.32. The van der Waals surface area contributed by atoms with Gasteiger partial charge in [-0.3, -0.25) is 0 Å². The van der Waals surface area contributed by atoms with Crippen LogP contribution in [0.3, 0.4) is 0 Å². The van der Waals surface area contributed by atoms with E-state index in [1.165, 1.54) is 17.3 Å². The summed E-state index contributed by atoms with van der Waals surface area (Å²) in [6, 6.07) is 10.2. The normalized spacial score (nSPS) is 19.2. The molecular weight excluding hydrogens is 210 g/mol. The van der Waals surface area contributed by atoms with E-state index in [1.54, 1.807) is 0 Å². The molecule has 0 radical (unpaired) electrons. The van der Waals surface area contributed by atoms with Crippen molar-refractivity contribution in [2.75, 3.05) is 0 Å². The summed E-state index contributed by atoms with van der Waals surface area (Å²) in [5.41, 5.74) is 7.77. The average Bonchev–Trinajstić information content (AvgIpc) is 2.98. The zero-order valence-electron chi connectivity index (χ0n) is 9.97. The van der Waals surface area contributed by atoms with Gasteiger partial charge in [0.1, 0.15) is 12.4 Å². The maximum Gasteiger partial charge on any atom is 0.113 e. The fraction of sp³-hybridized carbons (Fsp3) is 0.200. The lowest BCUT2D eigenvalue weighted by Crippen LogP contribution is -1.88. The minimum Gasteiger partial charge on any atom is -0.492 e. The Morgan fingerprint density at radius 2 is 2.00 bits per heavy atom. The Morgan fingerprint density at radius 3 is 2.71 bits per heavy atom. The van der Waals surface area contributed by atoms with E-state index in [2.05, 4.69) is 25.1 Å². The Kier molecular flexibility index (Phi) is 3.66. The lowest BCUT2D eigenvalue weighted by molar-refractivity contribution is 0.206. The molecule has 0 saturated heterocycles. The van der Waals surface area contributed by atoms with Crippen LogP contribution in [0.4, 0.5) is 0 Å². The Morgan fingerprint density at radius 1 is 1.24 bits per heavy atom. The Hall–Kier alpha value is -1.96. The number of nitrogens with two attached hydrogens (primary N) is 1. The second kappa shape index (κ2) is 5.39. The minimum absolute atomic E-state index is 0.370.